The van der Waals surface area contributed by atoms with Gasteiger partial charge in [0.25, 0.3) is 5.91 Å². The molecule has 0 aliphatic rings. The fourth-order valence-electron chi connectivity index (χ4n) is 3.53. The fraction of sp³-hybridized carbons (Fsp3) is 0.167. The molecule has 8 heteroatoms. The highest BCUT2D eigenvalue weighted by Crippen LogP contribution is 2.20. The number of rotatable bonds is 8. The van der Waals surface area contributed by atoms with Crippen LogP contribution in [0.25, 0.3) is 22.3 Å². The van der Waals surface area contributed by atoms with Gasteiger partial charge in [-0.3, -0.25) is 4.79 Å². The van der Waals surface area contributed by atoms with Crippen LogP contribution in [0.3, 0.4) is 0 Å². The molecule has 2 heterocycles. The molecule has 0 saturated heterocycles. The number of aromatic nitrogens is 3. The second-order valence-electron chi connectivity index (χ2n) is 7.52. The minimum atomic E-state index is -1.59. The fourth-order valence-corrected chi connectivity index (χ4v) is 3.53. The molecule has 4 N–H and O–H groups in total. The van der Waals surface area contributed by atoms with Crippen LogP contribution in [0.4, 0.5) is 0 Å². The van der Waals surface area contributed by atoms with Gasteiger partial charge in [-0.1, -0.05) is 54.6 Å². The van der Waals surface area contributed by atoms with Gasteiger partial charge in [0, 0.05) is 18.7 Å². The number of carboxylic acid groups (broad SMARTS) is 1. The Bertz CT molecular complexity index is 1220. The van der Waals surface area contributed by atoms with E-state index < -0.39 is 24.0 Å². The van der Waals surface area contributed by atoms with E-state index in [9.17, 15) is 14.7 Å². The maximum Gasteiger partial charge on any atom is 0.332 e. The van der Waals surface area contributed by atoms with Gasteiger partial charge < -0.3 is 20.5 Å². The first-order valence-corrected chi connectivity index (χ1v) is 10.1. The minimum absolute atomic E-state index is 0.125. The molecule has 32 heavy (non-hydrogen) atoms. The van der Waals surface area contributed by atoms with Gasteiger partial charge >= 0.3 is 5.97 Å². The molecule has 0 aliphatic heterocycles. The number of nitrogens with one attached hydrogen (secondary N) is 2. The number of imidazole rings is 1. The van der Waals surface area contributed by atoms with E-state index >= 15 is 0 Å². The zero-order valence-electron chi connectivity index (χ0n) is 17.1. The summed E-state index contributed by atoms with van der Waals surface area (Å²) in [6.07, 6.45) is 1.57. The predicted molar refractivity (Wildman–Crippen MR) is 119 cm³/mol. The maximum absolute atomic E-state index is 12.8. The van der Waals surface area contributed by atoms with Crippen LogP contribution in [0.2, 0.25) is 0 Å². The lowest BCUT2D eigenvalue weighted by molar-refractivity contribution is -0.147. The number of aromatic amines is 1. The van der Waals surface area contributed by atoms with E-state index in [0.717, 1.165) is 16.7 Å². The summed E-state index contributed by atoms with van der Waals surface area (Å²) in [6.45, 7) is 0. The predicted octanol–water partition coefficient (Wildman–Crippen LogP) is 2.80. The molecule has 2 aromatic carbocycles. The third-order valence-electron chi connectivity index (χ3n) is 5.21. The third-order valence-corrected chi connectivity index (χ3v) is 5.21. The molecule has 2 aromatic heterocycles. The summed E-state index contributed by atoms with van der Waals surface area (Å²) in [5.41, 5.74) is 4.48. The number of aliphatic hydroxyl groups excluding tert-OH is 1. The number of carboxylic acids is 1. The van der Waals surface area contributed by atoms with Crippen molar-refractivity contribution >= 4 is 23.0 Å². The Hall–Kier alpha value is -4.04. The average Bonchev–Trinajstić information content (AvgIpc) is 3.28. The number of hydrogen-bond donors (Lipinski definition) is 4. The van der Waals surface area contributed by atoms with Crippen LogP contribution in [0.15, 0.2) is 73.2 Å². The number of hydrogen-bond acceptors (Lipinski definition) is 5. The summed E-state index contributed by atoms with van der Waals surface area (Å²) < 4.78 is 0. The molecule has 0 bridgehead atoms. The van der Waals surface area contributed by atoms with Gasteiger partial charge in [0.05, 0.1) is 11.9 Å². The Morgan fingerprint density at radius 3 is 2.44 bits per heavy atom. The Kier molecular flexibility index (Phi) is 6.23. The van der Waals surface area contributed by atoms with Crippen molar-refractivity contribution in [1.82, 2.24) is 20.3 Å². The highest BCUT2D eigenvalue weighted by atomic mass is 16.4. The number of nitrogens with zero attached hydrogens (tertiary/aromatic N) is 2. The second-order valence-corrected chi connectivity index (χ2v) is 7.52. The van der Waals surface area contributed by atoms with Crippen molar-refractivity contribution in [2.75, 3.05) is 0 Å². The molecule has 2 atom stereocenters. The summed E-state index contributed by atoms with van der Waals surface area (Å²) >= 11 is 0. The molecule has 0 saturated carbocycles. The van der Waals surface area contributed by atoms with Crippen molar-refractivity contribution in [3.8, 4) is 11.1 Å². The minimum Gasteiger partial charge on any atom is -0.479 e. The molecule has 4 aromatic rings. The van der Waals surface area contributed by atoms with Crippen LogP contribution >= 0.6 is 0 Å². The van der Waals surface area contributed by atoms with E-state index in [0.29, 0.717) is 23.1 Å². The van der Waals surface area contributed by atoms with Gasteiger partial charge in [-0.2, -0.15) is 0 Å². The Morgan fingerprint density at radius 2 is 1.72 bits per heavy atom. The molecule has 1 amide bonds. The van der Waals surface area contributed by atoms with Crippen molar-refractivity contribution in [2.24, 2.45) is 0 Å². The van der Waals surface area contributed by atoms with Gasteiger partial charge in [0.15, 0.2) is 11.8 Å². The van der Waals surface area contributed by atoms with Crippen LogP contribution < -0.4 is 5.32 Å². The van der Waals surface area contributed by atoms with Crippen molar-refractivity contribution in [3.63, 3.8) is 0 Å². The molecular weight excluding hydrogens is 408 g/mol. The molecule has 1 unspecified atom stereocenters. The molecule has 0 fully saturated rings. The molecule has 0 aliphatic carbocycles. The Balaban J connectivity index is 1.50. The van der Waals surface area contributed by atoms with Crippen LogP contribution in [0, 0.1) is 0 Å². The number of benzene rings is 2. The van der Waals surface area contributed by atoms with Crippen molar-refractivity contribution < 1.29 is 19.8 Å². The summed E-state index contributed by atoms with van der Waals surface area (Å²) in [6, 6.07) is 18.8. The van der Waals surface area contributed by atoms with E-state index in [4.69, 9.17) is 5.11 Å². The smallest absolute Gasteiger partial charge is 0.332 e. The van der Waals surface area contributed by atoms with Gasteiger partial charge in [0.2, 0.25) is 0 Å². The molecule has 0 radical (unpaired) electrons. The zero-order chi connectivity index (χ0) is 22.5. The third kappa shape index (κ3) is 4.98. The van der Waals surface area contributed by atoms with Crippen LogP contribution in [-0.2, 0) is 11.2 Å². The number of pyridine rings is 1. The zero-order valence-corrected chi connectivity index (χ0v) is 17.1. The number of aliphatic carboxylic acids is 1. The SMILES string of the molecule is O=C(NC(Cc1ccc(-c2ccccc2)cc1)C[C@@H](O)C(=O)O)c1cnc2[nH]cnc2c1. The van der Waals surface area contributed by atoms with E-state index in [-0.39, 0.29) is 6.42 Å². The number of H-pyrrole nitrogens is 1. The van der Waals surface area contributed by atoms with Crippen molar-refractivity contribution in [1.29, 1.82) is 0 Å². The van der Waals surface area contributed by atoms with Gasteiger partial charge in [0.1, 0.15) is 5.52 Å². The Labute approximate surface area is 184 Å². The summed E-state index contributed by atoms with van der Waals surface area (Å²) in [4.78, 5) is 35.1. The van der Waals surface area contributed by atoms with Crippen LogP contribution in [0.5, 0.6) is 0 Å². The Morgan fingerprint density at radius 1 is 1.00 bits per heavy atom. The normalized spacial score (nSPS) is 12.9. The van der Waals surface area contributed by atoms with Gasteiger partial charge in [-0.25, -0.2) is 14.8 Å². The maximum atomic E-state index is 12.8. The van der Waals surface area contributed by atoms with E-state index in [2.05, 4.69) is 20.3 Å². The average molecular weight is 430 g/mol. The summed E-state index contributed by atoms with van der Waals surface area (Å²) in [5, 5.41) is 21.8. The highest BCUT2D eigenvalue weighted by Gasteiger charge is 2.23. The molecule has 0 spiro atoms. The van der Waals surface area contributed by atoms with Gasteiger partial charge in [-0.15, -0.1) is 0 Å². The van der Waals surface area contributed by atoms with Crippen LogP contribution in [0.1, 0.15) is 22.3 Å². The molecule has 8 nitrogen and oxygen atoms in total. The van der Waals surface area contributed by atoms with E-state index in [1.54, 1.807) is 6.07 Å². The quantitative estimate of drug-likeness (QED) is 0.340. The second kappa shape index (κ2) is 9.40. The number of amides is 1. The summed E-state index contributed by atoms with van der Waals surface area (Å²) in [7, 11) is 0. The topological polar surface area (TPSA) is 128 Å². The highest BCUT2D eigenvalue weighted by molar-refractivity contribution is 5.96. The van der Waals surface area contributed by atoms with Crippen molar-refractivity contribution in [3.05, 3.63) is 84.3 Å². The lowest BCUT2D eigenvalue weighted by Gasteiger charge is -2.20. The van der Waals surface area contributed by atoms with Crippen LogP contribution in [-0.4, -0.2) is 49.2 Å². The van der Waals surface area contributed by atoms with Gasteiger partial charge in [-0.05, 0) is 29.2 Å². The molecular formula is C24H22N4O4. The van der Waals surface area contributed by atoms with E-state index in [1.165, 1.54) is 12.5 Å². The number of fused-ring (bicyclic) bond motifs is 1. The first-order valence-electron chi connectivity index (χ1n) is 10.1. The van der Waals surface area contributed by atoms with E-state index in [1.807, 2.05) is 54.6 Å². The standard InChI is InChI=1S/C24H22N4O4/c29-21(24(31)32)12-19(28-23(30)18-11-20-22(25-13-18)27-14-26-20)10-15-6-8-17(9-7-15)16-4-2-1-3-5-16/h1-9,11,13-14,19,21,29H,10,12H2,(H,28,30)(H,31,32)(H,25,26,27)/t19?,21-/m1/s1. The number of aliphatic hydroxyl groups is 1. The molecule has 162 valence electrons. The van der Waals surface area contributed by atoms with Crippen molar-refractivity contribution in [2.45, 2.75) is 25.0 Å². The summed E-state index contributed by atoms with van der Waals surface area (Å²) in [5.74, 6) is -1.74. The number of carbonyl (C=O) groups excluding carboxylic acids is 1. The first kappa shape index (κ1) is 21.2. The lowest BCUT2D eigenvalue weighted by atomic mass is 9.97. The first-order chi connectivity index (χ1) is 15.5. The largest absolute Gasteiger partial charge is 0.479 e. The number of carbonyl (C=O) groups is 2. The monoisotopic (exact) mass is 430 g/mol. The molecule has 4 rings (SSSR count). The lowest BCUT2D eigenvalue weighted by Crippen LogP contribution is -2.40.